The highest BCUT2D eigenvalue weighted by Crippen LogP contribution is 2.38. The lowest BCUT2D eigenvalue weighted by Gasteiger charge is -2.15. The normalized spacial score (nSPS) is 15.0. The number of hydrogen-bond acceptors (Lipinski definition) is 3. The van der Waals surface area contributed by atoms with Crippen molar-refractivity contribution in [3.63, 3.8) is 0 Å². The van der Waals surface area contributed by atoms with E-state index in [2.05, 4.69) is 101 Å². The van der Waals surface area contributed by atoms with Crippen molar-refractivity contribution in [2.75, 3.05) is 0 Å². The van der Waals surface area contributed by atoms with Crippen molar-refractivity contribution >= 4 is 27.3 Å². The molecule has 1 aliphatic rings. The fourth-order valence-electron chi connectivity index (χ4n) is 5.24. The molecule has 0 spiro atoms. The number of hydrogen-bond donors (Lipinski definition) is 0. The van der Waals surface area contributed by atoms with Gasteiger partial charge in [0.25, 0.3) is 0 Å². The van der Waals surface area contributed by atoms with Crippen molar-refractivity contribution in [1.29, 1.82) is 0 Å². The maximum atomic E-state index is 6.40. The average molecular weight is 477 g/mol. The Morgan fingerprint density at radius 3 is 1.65 bits per heavy atom. The van der Waals surface area contributed by atoms with Crippen LogP contribution in [0.4, 0.5) is 0 Å². The Balaban J connectivity index is 1.09. The van der Waals surface area contributed by atoms with Gasteiger partial charge in [-0.25, -0.2) is 0 Å². The average Bonchev–Trinajstić information content (AvgIpc) is 3.47. The van der Waals surface area contributed by atoms with Crippen LogP contribution in [0, 0.1) is 0 Å². The molecule has 1 atom stereocenters. The molecule has 1 unspecified atom stereocenters. The first kappa shape index (κ1) is 21.5. The number of benzene rings is 4. The molecule has 0 saturated heterocycles. The lowest BCUT2D eigenvalue weighted by Crippen LogP contribution is -1.97. The van der Waals surface area contributed by atoms with Crippen LogP contribution in [-0.2, 0) is 4.74 Å². The summed E-state index contributed by atoms with van der Waals surface area (Å²) < 4.78 is 6.40. The van der Waals surface area contributed by atoms with E-state index in [4.69, 9.17) is 4.74 Å². The number of rotatable bonds is 4. The summed E-state index contributed by atoms with van der Waals surface area (Å²) in [6, 6.07) is 34.0. The first-order valence-electron chi connectivity index (χ1n) is 12.6. The molecule has 0 amide bonds. The zero-order valence-electron chi connectivity index (χ0n) is 20.2. The van der Waals surface area contributed by atoms with Crippen molar-refractivity contribution in [1.82, 2.24) is 9.97 Å². The van der Waals surface area contributed by atoms with Crippen molar-refractivity contribution in [3.8, 4) is 22.3 Å². The summed E-state index contributed by atoms with van der Waals surface area (Å²) in [5.41, 5.74) is 6.89. The third-order valence-electron chi connectivity index (χ3n) is 7.20. The minimum Gasteiger partial charge on any atom is -0.485 e. The molecule has 3 heteroatoms. The lowest BCUT2D eigenvalue weighted by atomic mass is 9.98. The van der Waals surface area contributed by atoms with E-state index >= 15 is 0 Å². The Morgan fingerprint density at radius 2 is 1.05 bits per heavy atom. The maximum Gasteiger partial charge on any atom is 0.127 e. The van der Waals surface area contributed by atoms with Crippen LogP contribution in [0.15, 0.2) is 128 Å². The molecule has 37 heavy (non-hydrogen) atoms. The van der Waals surface area contributed by atoms with Crippen LogP contribution in [0.25, 0.3) is 49.6 Å². The molecule has 0 fully saturated rings. The van der Waals surface area contributed by atoms with E-state index in [0.29, 0.717) is 0 Å². The van der Waals surface area contributed by atoms with E-state index in [1.54, 1.807) is 0 Å². The van der Waals surface area contributed by atoms with Gasteiger partial charge in [-0.3, -0.25) is 9.97 Å². The zero-order valence-corrected chi connectivity index (χ0v) is 20.2. The standard InChI is InChI=1S/C34H24N2O/c1-3-7-29-27(5-1)19-35-21-31(29)23-9-13-25(14-10-23)33-17-18-34(37-33)26-15-11-24(12-16-26)32-22-36-20-28-6-2-4-8-30(28)32/h1-17,19-22,34H,18H2. The van der Waals surface area contributed by atoms with Gasteiger partial charge in [-0.1, -0.05) is 97.1 Å². The molecule has 4 aromatic carbocycles. The van der Waals surface area contributed by atoms with Crippen LogP contribution in [0.3, 0.4) is 0 Å². The van der Waals surface area contributed by atoms with Gasteiger partial charge in [0, 0.05) is 58.7 Å². The van der Waals surface area contributed by atoms with Crippen LogP contribution in [0.1, 0.15) is 23.7 Å². The van der Waals surface area contributed by atoms with Crippen LogP contribution in [-0.4, -0.2) is 9.97 Å². The first-order valence-corrected chi connectivity index (χ1v) is 12.6. The Hall–Kier alpha value is -4.76. The number of ether oxygens (including phenoxy) is 1. The first-order chi connectivity index (χ1) is 18.3. The number of pyridine rings is 2. The SMILES string of the molecule is C1=C(c2ccc(-c3cncc4ccccc34)cc2)OC(c2ccc(-c3cncc4ccccc34)cc2)C1. The van der Waals surface area contributed by atoms with Crippen molar-refractivity contribution in [2.24, 2.45) is 0 Å². The predicted octanol–water partition coefficient (Wildman–Crippen LogP) is 8.62. The molecule has 2 aromatic heterocycles. The summed E-state index contributed by atoms with van der Waals surface area (Å²) in [6.45, 7) is 0. The van der Waals surface area contributed by atoms with Gasteiger partial charge in [-0.05, 0) is 33.5 Å². The summed E-state index contributed by atoms with van der Waals surface area (Å²) >= 11 is 0. The smallest absolute Gasteiger partial charge is 0.127 e. The highest BCUT2D eigenvalue weighted by molar-refractivity contribution is 5.96. The van der Waals surface area contributed by atoms with Gasteiger partial charge < -0.3 is 4.74 Å². The number of fused-ring (bicyclic) bond motifs is 2. The van der Waals surface area contributed by atoms with E-state index in [9.17, 15) is 0 Å². The molecule has 0 radical (unpaired) electrons. The molecule has 6 aromatic rings. The molecule has 3 nitrogen and oxygen atoms in total. The molecule has 0 saturated carbocycles. The molecule has 0 aliphatic carbocycles. The van der Waals surface area contributed by atoms with E-state index < -0.39 is 0 Å². The third kappa shape index (κ3) is 3.95. The van der Waals surface area contributed by atoms with E-state index in [1.807, 2.05) is 36.9 Å². The van der Waals surface area contributed by atoms with Crippen molar-refractivity contribution in [3.05, 3.63) is 139 Å². The molecule has 0 N–H and O–H groups in total. The van der Waals surface area contributed by atoms with Gasteiger partial charge in [0.2, 0.25) is 0 Å². The monoisotopic (exact) mass is 476 g/mol. The Labute approximate surface area is 215 Å². The minimum absolute atomic E-state index is 0.0247. The molecule has 1 aliphatic heterocycles. The Morgan fingerprint density at radius 1 is 0.541 bits per heavy atom. The summed E-state index contributed by atoms with van der Waals surface area (Å²) in [5.74, 6) is 0.940. The second-order valence-corrected chi connectivity index (χ2v) is 9.43. The molecule has 176 valence electrons. The van der Waals surface area contributed by atoms with E-state index in [0.717, 1.165) is 50.8 Å². The highest BCUT2D eigenvalue weighted by atomic mass is 16.5. The molecule has 0 bridgehead atoms. The number of aromatic nitrogens is 2. The number of nitrogens with zero attached hydrogens (tertiary/aromatic N) is 2. The quantitative estimate of drug-likeness (QED) is 0.255. The summed E-state index contributed by atoms with van der Waals surface area (Å²) in [7, 11) is 0. The lowest BCUT2D eigenvalue weighted by molar-refractivity contribution is 0.194. The third-order valence-corrected chi connectivity index (χ3v) is 7.20. The molecular formula is C34H24N2O. The zero-order chi connectivity index (χ0) is 24.6. The van der Waals surface area contributed by atoms with Gasteiger partial charge >= 0.3 is 0 Å². The minimum atomic E-state index is 0.0247. The Bertz CT molecular complexity index is 1760. The van der Waals surface area contributed by atoms with Gasteiger partial charge in [0.1, 0.15) is 11.9 Å². The summed E-state index contributed by atoms with van der Waals surface area (Å²) in [4.78, 5) is 8.87. The highest BCUT2D eigenvalue weighted by Gasteiger charge is 2.21. The van der Waals surface area contributed by atoms with E-state index in [-0.39, 0.29) is 6.10 Å². The summed E-state index contributed by atoms with van der Waals surface area (Å²) in [6.07, 6.45) is 10.8. The van der Waals surface area contributed by atoms with Crippen LogP contribution in [0.5, 0.6) is 0 Å². The molecular weight excluding hydrogens is 452 g/mol. The van der Waals surface area contributed by atoms with Crippen LogP contribution in [0.2, 0.25) is 0 Å². The van der Waals surface area contributed by atoms with Gasteiger partial charge in [0.15, 0.2) is 0 Å². The maximum absolute atomic E-state index is 6.40. The van der Waals surface area contributed by atoms with Crippen LogP contribution < -0.4 is 0 Å². The molecule has 7 rings (SSSR count). The predicted molar refractivity (Wildman–Crippen MR) is 151 cm³/mol. The Kier molecular flexibility index (Phi) is 5.25. The van der Waals surface area contributed by atoms with Crippen LogP contribution >= 0.6 is 0 Å². The van der Waals surface area contributed by atoms with Crippen molar-refractivity contribution < 1.29 is 4.74 Å². The fourth-order valence-corrected chi connectivity index (χ4v) is 5.24. The van der Waals surface area contributed by atoms with Crippen molar-refractivity contribution in [2.45, 2.75) is 12.5 Å². The van der Waals surface area contributed by atoms with E-state index in [1.165, 1.54) is 16.3 Å². The second kappa shape index (κ2) is 9.03. The largest absolute Gasteiger partial charge is 0.485 e. The summed E-state index contributed by atoms with van der Waals surface area (Å²) in [5, 5.41) is 4.73. The molecule has 3 heterocycles. The van der Waals surface area contributed by atoms with Gasteiger partial charge in [-0.2, -0.15) is 0 Å². The topological polar surface area (TPSA) is 35.0 Å². The second-order valence-electron chi connectivity index (χ2n) is 9.43. The fraction of sp³-hybridized carbons (Fsp3) is 0.0588. The van der Waals surface area contributed by atoms with Gasteiger partial charge in [0.05, 0.1) is 0 Å². The van der Waals surface area contributed by atoms with Gasteiger partial charge in [-0.15, -0.1) is 0 Å².